The number of hydrogen-bond acceptors (Lipinski definition) is 5. The Bertz CT molecular complexity index is 512. The number of aromatic nitrogens is 3. The molecule has 124 valence electrons. The smallest absolute Gasteiger partial charge is 0.237 e. The van der Waals surface area contributed by atoms with Crippen molar-refractivity contribution in [1.82, 2.24) is 24.6 Å². The SMILES string of the molecule is Cc1nnc(CN(C)CC(=O)N2CCCC[C@H]2[C@@H](C)N)n1C. The lowest BCUT2D eigenvalue weighted by Gasteiger charge is -2.38. The van der Waals surface area contributed by atoms with E-state index in [1.807, 2.05) is 42.3 Å². The summed E-state index contributed by atoms with van der Waals surface area (Å²) in [6.07, 6.45) is 3.24. The zero-order valence-electron chi connectivity index (χ0n) is 14.1. The Morgan fingerprint density at radius 3 is 2.77 bits per heavy atom. The Balaban J connectivity index is 1.94. The van der Waals surface area contributed by atoms with E-state index in [9.17, 15) is 4.79 Å². The van der Waals surface area contributed by atoms with Gasteiger partial charge in [0.05, 0.1) is 13.1 Å². The van der Waals surface area contributed by atoms with Gasteiger partial charge in [-0.1, -0.05) is 0 Å². The molecule has 1 aromatic heterocycles. The lowest BCUT2D eigenvalue weighted by Crippen LogP contribution is -2.53. The summed E-state index contributed by atoms with van der Waals surface area (Å²) < 4.78 is 1.95. The highest BCUT2D eigenvalue weighted by atomic mass is 16.2. The van der Waals surface area contributed by atoms with E-state index in [2.05, 4.69) is 10.2 Å². The molecule has 7 heteroatoms. The summed E-state index contributed by atoms with van der Waals surface area (Å²) >= 11 is 0. The number of nitrogens with zero attached hydrogens (tertiary/aromatic N) is 5. The Morgan fingerprint density at radius 1 is 1.45 bits per heavy atom. The summed E-state index contributed by atoms with van der Waals surface area (Å²) in [7, 11) is 3.88. The first-order valence-electron chi connectivity index (χ1n) is 7.98. The van der Waals surface area contributed by atoms with E-state index >= 15 is 0 Å². The lowest BCUT2D eigenvalue weighted by molar-refractivity contribution is -0.136. The third-order valence-electron chi connectivity index (χ3n) is 4.48. The first kappa shape index (κ1) is 16.9. The maximum absolute atomic E-state index is 12.6. The Morgan fingerprint density at radius 2 is 2.18 bits per heavy atom. The summed E-state index contributed by atoms with van der Waals surface area (Å²) in [5.74, 6) is 1.90. The Kier molecular flexibility index (Phi) is 5.52. The van der Waals surface area contributed by atoms with Crippen molar-refractivity contribution in [3.8, 4) is 0 Å². The second-order valence-corrected chi connectivity index (χ2v) is 6.40. The van der Waals surface area contributed by atoms with Crippen molar-refractivity contribution >= 4 is 5.91 Å². The summed E-state index contributed by atoms with van der Waals surface area (Å²) in [4.78, 5) is 16.5. The number of rotatable bonds is 5. The molecule has 0 aromatic carbocycles. The fourth-order valence-electron chi connectivity index (χ4n) is 3.02. The van der Waals surface area contributed by atoms with E-state index in [0.29, 0.717) is 13.1 Å². The van der Waals surface area contributed by atoms with Gasteiger partial charge in [0.25, 0.3) is 0 Å². The second-order valence-electron chi connectivity index (χ2n) is 6.40. The van der Waals surface area contributed by atoms with Gasteiger partial charge in [-0.2, -0.15) is 0 Å². The van der Waals surface area contributed by atoms with Crippen LogP contribution in [0.4, 0.5) is 0 Å². The summed E-state index contributed by atoms with van der Waals surface area (Å²) in [6, 6.07) is 0.197. The molecule has 0 saturated carbocycles. The van der Waals surface area contributed by atoms with Crippen LogP contribution < -0.4 is 5.73 Å². The maximum atomic E-state index is 12.6. The van der Waals surface area contributed by atoms with Gasteiger partial charge < -0.3 is 15.2 Å². The minimum Gasteiger partial charge on any atom is -0.337 e. The van der Waals surface area contributed by atoms with Gasteiger partial charge >= 0.3 is 0 Å². The van der Waals surface area contributed by atoms with Crippen molar-refractivity contribution in [2.45, 2.75) is 51.7 Å². The molecule has 2 heterocycles. The van der Waals surface area contributed by atoms with Gasteiger partial charge in [0.2, 0.25) is 5.91 Å². The van der Waals surface area contributed by atoms with Crippen LogP contribution in [-0.4, -0.2) is 62.7 Å². The number of carbonyl (C=O) groups excluding carboxylic acids is 1. The maximum Gasteiger partial charge on any atom is 0.237 e. The van der Waals surface area contributed by atoms with Crippen LogP contribution in [0, 0.1) is 6.92 Å². The molecule has 0 aliphatic carbocycles. The Hall–Kier alpha value is -1.47. The molecule has 1 saturated heterocycles. The molecule has 1 aliphatic rings. The van der Waals surface area contributed by atoms with Crippen LogP contribution in [-0.2, 0) is 18.4 Å². The van der Waals surface area contributed by atoms with Crippen molar-refractivity contribution in [2.75, 3.05) is 20.1 Å². The molecule has 0 bridgehead atoms. The predicted molar refractivity (Wildman–Crippen MR) is 85.1 cm³/mol. The van der Waals surface area contributed by atoms with Gasteiger partial charge in [0, 0.05) is 25.7 Å². The number of carbonyl (C=O) groups is 1. The quantitative estimate of drug-likeness (QED) is 0.845. The number of amides is 1. The number of hydrogen-bond donors (Lipinski definition) is 1. The molecule has 1 aromatic rings. The Labute approximate surface area is 132 Å². The van der Waals surface area contributed by atoms with Gasteiger partial charge in [0.15, 0.2) is 0 Å². The normalized spacial score (nSPS) is 20.5. The van der Waals surface area contributed by atoms with Crippen LogP contribution in [0.1, 0.15) is 37.8 Å². The van der Waals surface area contributed by atoms with Crippen molar-refractivity contribution < 1.29 is 4.79 Å². The molecule has 1 fully saturated rings. The predicted octanol–water partition coefficient (Wildman–Crippen LogP) is 0.284. The molecule has 0 unspecified atom stereocenters. The van der Waals surface area contributed by atoms with E-state index in [-0.39, 0.29) is 18.0 Å². The van der Waals surface area contributed by atoms with E-state index in [4.69, 9.17) is 5.73 Å². The first-order chi connectivity index (χ1) is 10.4. The molecule has 2 N–H and O–H groups in total. The minimum absolute atomic E-state index is 0.0240. The molecule has 0 spiro atoms. The second kappa shape index (κ2) is 7.19. The van der Waals surface area contributed by atoms with E-state index in [1.54, 1.807) is 0 Å². The monoisotopic (exact) mass is 308 g/mol. The van der Waals surface area contributed by atoms with Crippen LogP contribution in [0.5, 0.6) is 0 Å². The molecular weight excluding hydrogens is 280 g/mol. The summed E-state index contributed by atoms with van der Waals surface area (Å²) in [5.41, 5.74) is 6.04. The summed E-state index contributed by atoms with van der Waals surface area (Å²) in [6.45, 7) is 5.72. The van der Waals surface area contributed by atoms with Gasteiger partial charge in [-0.25, -0.2) is 0 Å². The van der Waals surface area contributed by atoms with E-state index in [0.717, 1.165) is 37.5 Å². The highest BCUT2D eigenvalue weighted by Gasteiger charge is 2.29. The van der Waals surface area contributed by atoms with Crippen LogP contribution in [0.2, 0.25) is 0 Å². The van der Waals surface area contributed by atoms with Crippen LogP contribution in [0.3, 0.4) is 0 Å². The van der Waals surface area contributed by atoms with Gasteiger partial charge in [-0.05, 0) is 40.2 Å². The van der Waals surface area contributed by atoms with E-state index in [1.165, 1.54) is 0 Å². The molecule has 1 amide bonds. The zero-order valence-corrected chi connectivity index (χ0v) is 14.1. The number of nitrogens with two attached hydrogens (primary N) is 1. The molecule has 7 nitrogen and oxygen atoms in total. The standard InChI is InChI=1S/C15H28N6O/c1-11(16)13-7-5-6-8-21(13)15(22)10-19(3)9-14-18-17-12(2)20(14)4/h11,13H,5-10,16H2,1-4H3/t11-,13+/m1/s1. The number of aryl methyl sites for hydroxylation is 1. The largest absolute Gasteiger partial charge is 0.337 e. The molecular formula is C15H28N6O. The average Bonchev–Trinajstić information content (AvgIpc) is 2.79. The highest BCUT2D eigenvalue weighted by Crippen LogP contribution is 2.19. The third kappa shape index (κ3) is 3.84. The van der Waals surface area contributed by atoms with E-state index < -0.39 is 0 Å². The van der Waals surface area contributed by atoms with Gasteiger partial charge in [-0.3, -0.25) is 9.69 Å². The third-order valence-corrected chi connectivity index (χ3v) is 4.48. The van der Waals surface area contributed by atoms with Crippen molar-refractivity contribution in [1.29, 1.82) is 0 Å². The fourth-order valence-corrected chi connectivity index (χ4v) is 3.02. The molecule has 2 atom stereocenters. The van der Waals surface area contributed by atoms with Crippen LogP contribution >= 0.6 is 0 Å². The van der Waals surface area contributed by atoms with Crippen molar-refractivity contribution in [3.63, 3.8) is 0 Å². The number of piperidine rings is 1. The van der Waals surface area contributed by atoms with Crippen molar-refractivity contribution in [2.24, 2.45) is 12.8 Å². The summed E-state index contributed by atoms with van der Waals surface area (Å²) in [5, 5.41) is 8.19. The van der Waals surface area contributed by atoms with Crippen molar-refractivity contribution in [3.05, 3.63) is 11.6 Å². The van der Waals surface area contributed by atoms with Crippen LogP contribution in [0.25, 0.3) is 0 Å². The molecule has 22 heavy (non-hydrogen) atoms. The van der Waals surface area contributed by atoms with Crippen LogP contribution in [0.15, 0.2) is 0 Å². The minimum atomic E-state index is 0.0240. The van der Waals surface area contributed by atoms with Gasteiger partial charge in [-0.15, -0.1) is 10.2 Å². The molecule has 1 aliphatic heterocycles. The topological polar surface area (TPSA) is 80.3 Å². The highest BCUT2D eigenvalue weighted by molar-refractivity contribution is 5.78. The number of likely N-dealkylation sites (tertiary alicyclic amines) is 1. The number of likely N-dealkylation sites (N-methyl/N-ethyl adjacent to an activating group) is 1. The lowest BCUT2D eigenvalue weighted by atomic mass is 9.97. The zero-order chi connectivity index (χ0) is 16.3. The molecule has 2 rings (SSSR count). The van der Waals surface area contributed by atoms with Gasteiger partial charge in [0.1, 0.15) is 11.6 Å². The fraction of sp³-hybridized carbons (Fsp3) is 0.800. The average molecular weight is 308 g/mol. The first-order valence-corrected chi connectivity index (χ1v) is 7.98. The molecule has 0 radical (unpaired) electrons.